The third-order valence-electron chi connectivity index (χ3n) is 4.78. The summed E-state index contributed by atoms with van der Waals surface area (Å²) in [4.78, 5) is 36.1. The number of carbonyl (C=O) groups excluding carboxylic acids is 2. The predicted octanol–water partition coefficient (Wildman–Crippen LogP) is 2.72. The molecule has 0 saturated heterocycles. The van der Waals surface area contributed by atoms with E-state index in [9.17, 15) is 19.7 Å². The number of methoxy groups -OCH3 is 3. The van der Waals surface area contributed by atoms with Crippen LogP contribution in [0.3, 0.4) is 0 Å². The maximum atomic E-state index is 13.4. The Balaban J connectivity index is 2.36. The first-order valence-corrected chi connectivity index (χ1v) is 8.26. The van der Waals surface area contributed by atoms with Gasteiger partial charge in [-0.1, -0.05) is 18.5 Å². The number of hydrogen-bond donors (Lipinski definition) is 0. The van der Waals surface area contributed by atoms with Crippen molar-refractivity contribution in [3.05, 3.63) is 32.5 Å². The Morgan fingerprint density at radius 3 is 2.37 bits per heavy atom. The Morgan fingerprint density at radius 1 is 1.22 bits per heavy atom. The summed E-state index contributed by atoms with van der Waals surface area (Å²) in [6.45, 7) is 1.65. The van der Waals surface area contributed by atoms with Gasteiger partial charge in [0.15, 0.2) is 17.3 Å². The number of nitrogens with zero attached hydrogens (tertiary/aromatic N) is 1. The fourth-order valence-electron chi connectivity index (χ4n) is 3.59. The lowest BCUT2D eigenvalue weighted by Gasteiger charge is -2.36. The monoisotopic (exact) mass is 397 g/mol. The number of halogens is 1. The second-order valence-electron chi connectivity index (χ2n) is 6.14. The molecule has 0 unspecified atom stereocenters. The highest BCUT2D eigenvalue weighted by atomic mass is 35.5. The third kappa shape index (κ3) is 2.38. The number of ether oxygens (including phenoxy) is 4. The van der Waals surface area contributed by atoms with Crippen molar-refractivity contribution in [2.45, 2.75) is 18.9 Å². The summed E-state index contributed by atoms with van der Waals surface area (Å²) in [5.41, 5.74) is -2.43. The molecule has 27 heavy (non-hydrogen) atoms. The highest BCUT2D eigenvalue weighted by molar-refractivity contribution is 6.36. The van der Waals surface area contributed by atoms with Crippen molar-refractivity contribution in [2.75, 3.05) is 21.3 Å². The molecule has 0 radical (unpaired) electrons. The minimum atomic E-state index is -1.66. The van der Waals surface area contributed by atoms with Gasteiger partial charge < -0.3 is 18.9 Å². The van der Waals surface area contributed by atoms with E-state index in [1.54, 1.807) is 6.92 Å². The van der Waals surface area contributed by atoms with E-state index in [0.717, 1.165) is 0 Å². The molecule has 3 rings (SSSR count). The van der Waals surface area contributed by atoms with Crippen LogP contribution in [-0.2, 0) is 9.53 Å². The number of ketones is 2. The Hall–Kier alpha value is -2.81. The lowest BCUT2D eigenvalue weighted by molar-refractivity contribution is -0.386. The molecule has 1 aromatic rings. The summed E-state index contributed by atoms with van der Waals surface area (Å²) in [6.07, 6.45) is 1.22. The number of carbonyl (C=O) groups is 2. The van der Waals surface area contributed by atoms with Crippen LogP contribution in [0.4, 0.5) is 5.69 Å². The molecule has 1 spiro atoms. The zero-order chi connectivity index (χ0) is 20.1. The van der Waals surface area contributed by atoms with Crippen LogP contribution in [0.5, 0.6) is 17.2 Å². The van der Waals surface area contributed by atoms with Gasteiger partial charge in [0.05, 0.1) is 26.3 Å². The fraction of sp³-hybridized carbons (Fsp3) is 0.412. The number of nitro groups is 1. The molecule has 0 bridgehead atoms. The Bertz CT molecular complexity index is 909. The number of nitro benzene ring substituents is 1. The van der Waals surface area contributed by atoms with Crippen molar-refractivity contribution in [2.24, 2.45) is 5.92 Å². The average molecular weight is 398 g/mol. The van der Waals surface area contributed by atoms with Gasteiger partial charge in [-0.05, 0) is 0 Å². The molecule has 9 nitrogen and oxygen atoms in total. The van der Waals surface area contributed by atoms with Gasteiger partial charge in [-0.15, -0.1) is 0 Å². The molecule has 2 atom stereocenters. The first-order chi connectivity index (χ1) is 12.7. The quantitative estimate of drug-likeness (QED) is 0.562. The van der Waals surface area contributed by atoms with Gasteiger partial charge in [0, 0.05) is 18.4 Å². The largest absolute Gasteiger partial charge is 0.496 e. The number of allylic oxidation sites excluding steroid dienone is 1. The van der Waals surface area contributed by atoms with E-state index in [1.165, 1.54) is 27.4 Å². The molecule has 1 aliphatic carbocycles. The van der Waals surface area contributed by atoms with E-state index in [0.29, 0.717) is 0 Å². The topological polar surface area (TPSA) is 114 Å². The van der Waals surface area contributed by atoms with Gasteiger partial charge in [-0.3, -0.25) is 19.7 Å². The van der Waals surface area contributed by atoms with E-state index in [1.807, 2.05) is 0 Å². The van der Waals surface area contributed by atoms with Crippen LogP contribution in [0.25, 0.3) is 0 Å². The zero-order valence-corrected chi connectivity index (χ0v) is 15.7. The van der Waals surface area contributed by atoms with Crippen molar-refractivity contribution < 1.29 is 33.5 Å². The maximum absolute atomic E-state index is 13.4. The van der Waals surface area contributed by atoms with E-state index < -0.39 is 27.9 Å². The first-order valence-electron chi connectivity index (χ1n) is 7.89. The summed E-state index contributed by atoms with van der Waals surface area (Å²) in [5, 5.41) is 11.3. The minimum absolute atomic E-state index is 0.00666. The SMILES string of the molecule is COC1=CC(=O)C[C@@H](C)[C@]12Oc1c(Cl)c(OC)c([N+](=O)[O-])c(OC)c1C2=O. The van der Waals surface area contributed by atoms with E-state index in [4.69, 9.17) is 30.5 Å². The molecule has 10 heteroatoms. The van der Waals surface area contributed by atoms with Crippen molar-refractivity contribution in [3.8, 4) is 17.2 Å². The van der Waals surface area contributed by atoms with Gasteiger partial charge in [-0.25, -0.2) is 0 Å². The number of rotatable bonds is 4. The number of fused-ring (bicyclic) bond motifs is 1. The predicted molar refractivity (Wildman–Crippen MR) is 92.8 cm³/mol. The summed E-state index contributed by atoms with van der Waals surface area (Å²) in [6, 6.07) is 0. The molecular formula is C17H16ClNO8. The number of Topliss-reactive ketones (excluding diaryl/α,β-unsaturated/α-hetero) is 1. The van der Waals surface area contributed by atoms with Crippen LogP contribution in [0.15, 0.2) is 11.8 Å². The molecular weight excluding hydrogens is 382 g/mol. The molecule has 0 amide bonds. The molecule has 1 aromatic carbocycles. The molecule has 1 heterocycles. The Labute approximate surface area is 158 Å². The highest BCUT2D eigenvalue weighted by Gasteiger charge is 2.61. The lowest BCUT2D eigenvalue weighted by Crippen LogP contribution is -2.51. The van der Waals surface area contributed by atoms with Crippen LogP contribution in [0.1, 0.15) is 23.7 Å². The summed E-state index contributed by atoms with van der Waals surface area (Å²) in [7, 11) is 3.70. The normalized spacial score (nSPS) is 23.6. The van der Waals surface area contributed by atoms with Crippen molar-refractivity contribution in [3.63, 3.8) is 0 Å². The van der Waals surface area contributed by atoms with Gasteiger partial charge >= 0.3 is 5.69 Å². The molecule has 0 fully saturated rings. The lowest BCUT2D eigenvalue weighted by atomic mass is 9.75. The van der Waals surface area contributed by atoms with Gasteiger partial charge in [0.2, 0.25) is 22.9 Å². The van der Waals surface area contributed by atoms with Crippen LogP contribution in [0.2, 0.25) is 5.02 Å². The fourth-order valence-corrected chi connectivity index (χ4v) is 3.88. The van der Waals surface area contributed by atoms with Crippen LogP contribution in [0, 0.1) is 16.0 Å². The molecule has 0 saturated carbocycles. The zero-order valence-electron chi connectivity index (χ0n) is 15.0. The summed E-state index contributed by atoms with van der Waals surface area (Å²) >= 11 is 6.28. The smallest absolute Gasteiger partial charge is 0.354 e. The second kappa shape index (κ2) is 6.41. The number of hydrogen-bond acceptors (Lipinski definition) is 8. The van der Waals surface area contributed by atoms with Gasteiger partial charge in [0.1, 0.15) is 10.6 Å². The molecule has 0 aromatic heterocycles. The van der Waals surface area contributed by atoms with E-state index in [2.05, 4.69) is 0 Å². The summed E-state index contributed by atoms with van der Waals surface area (Å²) in [5.74, 6) is -2.16. The summed E-state index contributed by atoms with van der Waals surface area (Å²) < 4.78 is 21.5. The molecule has 2 aliphatic rings. The van der Waals surface area contributed by atoms with E-state index in [-0.39, 0.29) is 45.8 Å². The van der Waals surface area contributed by atoms with Gasteiger partial charge in [-0.2, -0.15) is 0 Å². The maximum Gasteiger partial charge on any atom is 0.354 e. The molecule has 144 valence electrons. The Morgan fingerprint density at radius 2 is 1.85 bits per heavy atom. The average Bonchev–Trinajstić information content (AvgIpc) is 2.93. The van der Waals surface area contributed by atoms with E-state index >= 15 is 0 Å². The van der Waals surface area contributed by atoms with Crippen molar-refractivity contribution in [1.29, 1.82) is 0 Å². The molecule has 0 N–H and O–H groups in total. The molecule has 1 aliphatic heterocycles. The Kier molecular flexibility index (Phi) is 4.51. The van der Waals surface area contributed by atoms with Crippen molar-refractivity contribution in [1.82, 2.24) is 0 Å². The third-order valence-corrected chi connectivity index (χ3v) is 5.12. The van der Waals surface area contributed by atoms with Crippen LogP contribution >= 0.6 is 11.6 Å². The second-order valence-corrected chi connectivity index (χ2v) is 6.52. The van der Waals surface area contributed by atoms with Crippen LogP contribution in [-0.4, -0.2) is 43.4 Å². The standard InChI is InChI=1S/C17H16ClNO8/c1-7-5-8(20)6-9(24-2)17(7)16(21)10-13(27-17)11(18)15(26-4)12(19(22)23)14(10)25-3/h6-7H,5H2,1-4H3/t7-,17+/m1/s1. The first kappa shape index (κ1) is 19.0. The highest BCUT2D eigenvalue weighted by Crippen LogP contribution is 2.58. The van der Waals surface area contributed by atoms with Gasteiger partial charge in [0.25, 0.3) is 0 Å². The minimum Gasteiger partial charge on any atom is -0.496 e. The number of benzene rings is 1. The van der Waals surface area contributed by atoms with Crippen molar-refractivity contribution >= 4 is 28.9 Å². The van der Waals surface area contributed by atoms with Crippen LogP contribution < -0.4 is 14.2 Å².